The number of hydrogen-bond donors (Lipinski definition) is 0. The molecule has 0 aromatic carbocycles. The van der Waals surface area contributed by atoms with Crippen molar-refractivity contribution in [3.05, 3.63) is 30.1 Å². The molecule has 18 heavy (non-hydrogen) atoms. The number of hydrogen-bond acceptors (Lipinski definition) is 1. The largest absolute Gasteiger partial charge is 0.299 e. The van der Waals surface area contributed by atoms with Crippen molar-refractivity contribution in [3.8, 4) is 0 Å². The fourth-order valence-corrected chi connectivity index (χ4v) is 5.24. The minimum atomic E-state index is 0.431. The number of pyridine rings is 1. The van der Waals surface area contributed by atoms with Gasteiger partial charge in [-0.25, -0.2) is 4.57 Å². The first-order valence-corrected chi connectivity index (χ1v) is 7.38. The molecule has 4 heterocycles. The van der Waals surface area contributed by atoms with Crippen molar-refractivity contribution >= 4 is 0 Å². The van der Waals surface area contributed by atoms with Crippen LogP contribution in [0.4, 0.5) is 0 Å². The maximum atomic E-state index is 2.76. The predicted octanol–water partition coefficient (Wildman–Crippen LogP) is 1.88. The lowest BCUT2D eigenvalue weighted by Gasteiger charge is -2.60. The Morgan fingerprint density at radius 3 is 2.61 bits per heavy atom. The summed E-state index contributed by atoms with van der Waals surface area (Å²) >= 11 is 0. The van der Waals surface area contributed by atoms with E-state index in [9.17, 15) is 0 Å². The highest BCUT2D eigenvalue weighted by Crippen LogP contribution is 2.54. The van der Waals surface area contributed by atoms with Gasteiger partial charge in [-0.05, 0) is 38.0 Å². The van der Waals surface area contributed by atoms with Crippen molar-refractivity contribution in [3.63, 3.8) is 0 Å². The average molecular weight is 243 g/mol. The van der Waals surface area contributed by atoms with Crippen molar-refractivity contribution in [2.75, 3.05) is 13.1 Å². The lowest BCUT2D eigenvalue weighted by Crippen LogP contribution is -2.67. The molecule has 3 saturated heterocycles. The van der Waals surface area contributed by atoms with Gasteiger partial charge in [0.2, 0.25) is 0 Å². The molecule has 4 fully saturated rings. The van der Waals surface area contributed by atoms with Crippen molar-refractivity contribution in [2.24, 2.45) is 18.9 Å². The van der Waals surface area contributed by atoms with Crippen molar-refractivity contribution in [1.82, 2.24) is 4.90 Å². The Labute approximate surface area is 110 Å². The number of aryl methyl sites for hydroxylation is 1. The Morgan fingerprint density at radius 2 is 1.94 bits per heavy atom. The van der Waals surface area contributed by atoms with E-state index in [0.717, 1.165) is 17.9 Å². The molecular weight excluding hydrogens is 220 g/mol. The first-order valence-electron chi connectivity index (χ1n) is 7.38. The van der Waals surface area contributed by atoms with Gasteiger partial charge in [-0.1, -0.05) is 6.07 Å². The monoisotopic (exact) mass is 243 g/mol. The van der Waals surface area contributed by atoms with E-state index >= 15 is 0 Å². The maximum Gasteiger partial charge on any atom is 0.188 e. The van der Waals surface area contributed by atoms with Gasteiger partial charge in [-0.2, -0.15) is 0 Å². The van der Waals surface area contributed by atoms with E-state index in [1.54, 1.807) is 5.69 Å². The maximum absolute atomic E-state index is 2.76. The van der Waals surface area contributed by atoms with Crippen LogP contribution in [0.5, 0.6) is 0 Å². The Balaban J connectivity index is 1.85. The first-order chi connectivity index (χ1) is 8.69. The van der Waals surface area contributed by atoms with Crippen LogP contribution < -0.4 is 4.57 Å². The van der Waals surface area contributed by atoms with Gasteiger partial charge in [0.05, 0.1) is 5.41 Å². The molecule has 1 aromatic rings. The van der Waals surface area contributed by atoms with Crippen LogP contribution in [-0.2, 0) is 12.5 Å². The SMILES string of the molecule is CC1N2CC3CC(C2)CC1(c1cccc[n+]1C)C3. The molecule has 4 aliphatic rings. The lowest BCUT2D eigenvalue weighted by molar-refractivity contribution is -0.684. The van der Waals surface area contributed by atoms with Gasteiger partial charge in [-0.15, -0.1) is 0 Å². The van der Waals surface area contributed by atoms with E-state index in [0.29, 0.717) is 5.41 Å². The Hall–Kier alpha value is -0.890. The fourth-order valence-electron chi connectivity index (χ4n) is 5.24. The van der Waals surface area contributed by atoms with E-state index in [4.69, 9.17) is 0 Å². The summed E-state index contributed by atoms with van der Waals surface area (Å²) in [5.41, 5.74) is 2.00. The summed E-state index contributed by atoms with van der Waals surface area (Å²) in [6, 6.07) is 7.45. The standard InChI is InChI=1S/C16H23N2/c1-12-16(15-5-3-4-6-17(15)2)8-13-7-14(9-16)11-18(12)10-13/h3-6,12-14H,7-11H2,1-2H3/q+1. The molecule has 3 aliphatic heterocycles. The smallest absolute Gasteiger partial charge is 0.188 e. The Morgan fingerprint density at radius 1 is 1.22 bits per heavy atom. The van der Waals surface area contributed by atoms with Crippen LogP contribution in [0.2, 0.25) is 0 Å². The van der Waals surface area contributed by atoms with Crippen LogP contribution >= 0.6 is 0 Å². The zero-order valence-corrected chi connectivity index (χ0v) is 11.5. The number of rotatable bonds is 1. The molecular formula is C16H23N2+. The molecule has 96 valence electrons. The van der Waals surface area contributed by atoms with E-state index in [1.165, 1.54) is 32.4 Å². The summed E-state index contributed by atoms with van der Waals surface area (Å²) in [6.45, 7) is 5.18. The summed E-state index contributed by atoms with van der Waals surface area (Å²) < 4.78 is 2.37. The molecule has 1 saturated carbocycles. The minimum absolute atomic E-state index is 0.431. The molecule has 2 nitrogen and oxygen atoms in total. The van der Waals surface area contributed by atoms with Crippen molar-refractivity contribution < 1.29 is 4.57 Å². The highest BCUT2D eigenvalue weighted by molar-refractivity contribution is 5.23. The summed E-state index contributed by atoms with van der Waals surface area (Å²) in [5, 5.41) is 0. The van der Waals surface area contributed by atoms with Crippen LogP contribution in [0.15, 0.2) is 24.4 Å². The third-order valence-electron chi connectivity index (χ3n) is 5.87. The minimum Gasteiger partial charge on any atom is -0.299 e. The fraction of sp³-hybridized carbons (Fsp3) is 0.688. The molecule has 0 amide bonds. The van der Waals surface area contributed by atoms with Crippen LogP contribution in [0.1, 0.15) is 31.9 Å². The average Bonchev–Trinajstić information content (AvgIpc) is 2.35. The molecule has 5 rings (SSSR count). The van der Waals surface area contributed by atoms with Crippen molar-refractivity contribution in [1.29, 1.82) is 0 Å². The molecule has 0 N–H and O–H groups in total. The predicted molar refractivity (Wildman–Crippen MR) is 71.2 cm³/mol. The van der Waals surface area contributed by atoms with Crippen LogP contribution in [0, 0.1) is 11.8 Å². The topological polar surface area (TPSA) is 7.12 Å². The molecule has 0 spiro atoms. The molecule has 0 radical (unpaired) electrons. The third-order valence-corrected chi connectivity index (χ3v) is 5.87. The van der Waals surface area contributed by atoms with E-state index < -0.39 is 0 Å². The summed E-state index contributed by atoms with van der Waals surface area (Å²) in [7, 11) is 2.22. The van der Waals surface area contributed by atoms with Crippen molar-refractivity contribution in [2.45, 2.75) is 37.6 Å². The van der Waals surface area contributed by atoms with Gasteiger partial charge in [-0.3, -0.25) is 4.90 Å². The number of piperidine rings is 3. The van der Waals surface area contributed by atoms with Gasteiger partial charge in [0.15, 0.2) is 11.9 Å². The first kappa shape index (κ1) is 11.0. The van der Waals surface area contributed by atoms with E-state index in [2.05, 4.69) is 47.8 Å². The van der Waals surface area contributed by atoms with Gasteiger partial charge >= 0.3 is 0 Å². The van der Waals surface area contributed by atoms with Crippen LogP contribution in [-0.4, -0.2) is 24.0 Å². The second kappa shape index (κ2) is 3.57. The highest BCUT2D eigenvalue weighted by Gasteiger charge is 2.58. The zero-order chi connectivity index (χ0) is 12.3. The summed E-state index contributed by atoms with van der Waals surface area (Å²) in [5.74, 6) is 1.91. The van der Waals surface area contributed by atoms with Gasteiger partial charge in [0.25, 0.3) is 0 Å². The number of nitrogens with zero attached hydrogens (tertiary/aromatic N) is 2. The van der Waals surface area contributed by atoms with E-state index in [1.807, 2.05) is 0 Å². The van der Waals surface area contributed by atoms with Crippen LogP contribution in [0.3, 0.4) is 0 Å². The zero-order valence-electron chi connectivity index (χ0n) is 11.5. The molecule has 3 atom stereocenters. The van der Waals surface area contributed by atoms with E-state index in [-0.39, 0.29) is 0 Å². The highest BCUT2D eigenvalue weighted by atomic mass is 15.2. The molecule has 1 aromatic heterocycles. The van der Waals surface area contributed by atoms with Gasteiger partial charge in [0, 0.05) is 31.3 Å². The van der Waals surface area contributed by atoms with Crippen LogP contribution in [0.25, 0.3) is 0 Å². The molecule has 2 heteroatoms. The second-order valence-corrected chi connectivity index (χ2v) is 6.86. The van der Waals surface area contributed by atoms with Gasteiger partial charge < -0.3 is 0 Å². The summed E-state index contributed by atoms with van der Waals surface area (Å²) in [4.78, 5) is 2.76. The molecule has 4 bridgehead atoms. The third kappa shape index (κ3) is 1.30. The van der Waals surface area contributed by atoms with Gasteiger partial charge in [0.1, 0.15) is 7.05 Å². The summed E-state index contributed by atoms with van der Waals surface area (Å²) in [6.07, 6.45) is 6.54. The quantitative estimate of drug-likeness (QED) is 0.683. The molecule has 3 unspecified atom stereocenters. The normalized spacial score (nSPS) is 45.4. The Bertz CT molecular complexity index is 468. The molecule has 1 aliphatic carbocycles. The lowest BCUT2D eigenvalue weighted by atomic mass is 9.55. The number of aromatic nitrogens is 1. The Kier molecular flexibility index (Phi) is 2.18. The second-order valence-electron chi connectivity index (χ2n) is 6.86.